The number of imide groups is 1. The van der Waals surface area contributed by atoms with Gasteiger partial charge in [-0.25, -0.2) is 4.79 Å². The molecule has 9 heteroatoms. The lowest BCUT2D eigenvalue weighted by atomic mass is 10.1. The van der Waals surface area contributed by atoms with E-state index >= 15 is 0 Å². The van der Waals surface area contributed by atoms with Gasteiger partial charge in [-0.05, 0) is 24.3 Å². The molecule has 0 spiro atoms. The summed E-state index contributed by atoms with van der Waals surface area (Å²) in [6.45, 7) is -0.187. The van der Waals surface area contributed by atoms with Gasteiger partial charge in [0, 0.05) is 6.54 Å². The van der Waals surface area contributed by atoms with Crippen LogP contribution < -0.4 is 11.2 Å². The molecule has 152 valence electrons. The molecule has 30 heavy (non-hydrogen) atoms. The van der Waals surface area contributed by atoms with Crippen LogP contribution in [0.1, 0.15) is 27.1 Å². The third-order valence-corrected chi connectivity index (χ3v) is 4.90. The van der Waals surface area contributed by atoms with Gasteiger partial charge in [0.1, 0.15) is 6.61 Å². The minimum Gasteiger partial charge on any atom is -0.464 e. The van der Waals surface area contributed by atoms with Crippen LogP contribution in [0.15, 0.2) is 58.1 Å². The van der Waals surface area contributed by atoms with E-state index in [1.54, 1.807) is 48.5 Å². The van der Waals surface area contributed by atoms with Crippen molar-refractivity contribution < 1.29 is 19.1 Å². The standard InChI is InChI=1S/C21H17N3O6/c25-17(9-10-23-16-8-4-3-7-15(16)18(26)22-21(23)29)30-12-11-24-19(27)13-5-1-2-6-14(13)20(24)28/h1-8H,9-12H2,(H,22,26,29). The van der Waals surface area contributed by atoms with E-state index in [1.165, 1.54) is 4.57 Å². The minimum absolute atomic E-state index is 0.0158. The summed E-state index contributed by atoms with van der Waals surface area (Å²) in [5.74, 6) is -1.43. The van der Waals surface area contributed by atoms with E-state index in [4.69, 9.17) is 4.74 Å². The van der Waals surface area contributed by atoms with Gasteiger partial charge in [0.25, 0.3) is 17.4 Å². The van der Waals surface area contributed by atoms with Crippen molar-refractivity contribution in [2.45, 2.75) is 13.0 Å². The predicted molar refractivity (Wildman–Crippen MR) is 106 cm³/mol. The number of fused-ring (bicyclic) bond motifs is 2. The molecule has 0 bridgehead atoms. The number of amides is 2. The van der Waals surface area contributed by atoms with Gasteiger partial charge < -0.3 is 4.74 Å². The molecule has 0 radical (unpaired) electrons. The van der Waals surface area contributed by atoms with Crippen LogP contribution >= 0.6 is 0 Å². The Bertz CT molecular complexity index is 1250. The molecule has 0 fully saturated rings. The smallest absolute Gasteiger partial charge is 0.328 e. The maximum atomic E-state index is 12.3. The molecule has 4 rings (SSSR count). The first kappa shape index (κ1) is 19.3. The lowest BCUT2D eigenvalue weighted by Crippen LogP contribution is -2.34. The van der Waals surface area contributed by atoms with Crippen LogP contribution in [-0.4, -0.2) is 45.4 Å². The molecular formula is C21H17N3O6. The molecule has 3 aromatic rings. The van der Waals surface area contributed by atoms with E-state index in [1.807, 2.05) is 0 Å². The van der Waals surface area contributed by atoms with Gasteiger partial charge in [0.15, 0.2) is 0 Å². The highest BCUT2D eigenvalue weighted by Crippen LogP contribution is 2.21. The van der Waals surface area contributed by atoms with E-state index in [9.17, 15) is 24.0 Å². The quantitative estimate of drug-likeness (QED) is 0.479. The Labute approximate surface area is 169 Å². The van der Waals surface area contributed by atoms with E-state index in [0.717, 1.165) is 4.90 Å². The number of hydrogen-bond acceptors (Lipinski definition) is 6. The number of aromatic amines is 1. The van der Waals surface area contributed by atoms with Gasteiger partial charge in [-0.3, -0.25) is 33.6 Å². The monoisotopic (exact) mass is 407 g/mol. The van der Waals surface area contributed by atoms with Gasteiger partial charge in [-0.15, -0.1) is 0 Å². The lowest BCUT2D eigenvalue weighted by Gasteiger charge is -2.14. The Balaban J connectivity index is 1.35. The van der Waals surface area contributed by atoms with E-state index in [-0.39, 0.29) is 26.1 Å². The largest absolute Gasteiger partial charge is 0.464 e. The molecular weight excluding hydrogens is 390 g/mol. The molecule has 0 saturated carbocycles. The van der Waals surface area contributed by atoms with E-state index < -0.39 is 29.0 Å². The summed E-state index contributed by atoms with van der Waals surface area (Å²) in [4.78, 5) is 63.9. The topological polar surface area (TPSA) is 119 Å². The molecule has 1 aliphatic rings. The maximum Gasteiger partial charge on any atom is 0.328 e. The molecule has 0 aliphatic carbocycles. The molecule has 0 atom stereocenters. The van der Waals surface area contributed by atoms with Crippen LogP contribution in [0.25, 0.3) is 10.9 Å². The van der Waals surface area contributed by atoms with Gasteiger partial charge in [0.2, 0.25) is 0 Å². The molecule has 1 aromatic heterocycles. The highest BCUT2D eigenvalue weighted by atomic mass is 16.5. The third kappa shape index (κ3) is 3.41. The predicted octanol–water partition coefficient (Wildman–Crippen LogP) is 0.919. The average molecular weight is 407 g/mol. The number of carbonyl (C=O) groups excluding carboxylic acids is 3. The van der Waals surface area contributed by atoms with Crippen LogP contribution in [0, 0.1) is 0 Å². The Hall–Kier alpha value is -4.01. The second-order valence-electron chi connectivity index (χ2n) is 6.71. The number of aromatic nitrogens is 2. The summed E-state index contributed by atoms with van der Waals surface area (Å²) < 4.78 is 6.42. The lowest BCUT2D eigenvalue weighted by molar-refractivity contribution is -0.144. The Kier molecular flexibility index (Phi) is 5.01. The normalized spacial score (nSPS) is 13.0. The van der Waals surface area contributed by atoms with Crippen molar-refractivity contribution in [3.63, 3.8) is 0 Å². The third-order valence-electron chi connectivity index (χ3n) is 4.90. The number of ether oxygens (including phenoxy) is 1. The van der Waals surface area contributed by atoms with Crippen molar-refractivity contribution in [2.75, 3.05) is 13.2 Å². The van der Waals surface area contributed by atoms with Crippen LogP contribution in [0.3, 0.4) is 0 Å². The van der Waals surface area contributed by atoms with Crippen molar-refractivity contribution >= 4 is 28.7 Å². The zero-order valence-corrected chi connectivity index (χ0v) is 15.8. The summed E-state index contributed by atoms with van der Waals surface area (Å²) >= 11 is 0. The Morgan fingerprint density at radius 1 is 0.867 bits per heavy atom. The number of esters is 1. The molecule has 0 saturated heterocycles. The molecule has 2 aromatic carbocycles. The fraction of sp³-hybridized carbons (Fsp3) is 0.190. The Morgan fingerprint density at radius 2 is 1.50 bits per heavy atom. The van der Waals surface area contributed by atoms with Crippen molar-refractivity contribution in [3.05, 3.63) is 80.5 Å². The number of para-hydroxylation sites is 1. The number of carbonyl (C=O) groups is 3. The van der Waals surface area contributed by atoms with Crippen LogP contribution in [0.4, 0.5) is 0 Å². The second kappa shape index (κ2) is 7.78. The van der Waals surface area contributed by atoms with Crippen LogP contribution in [0.2, 0.25) is 0 Å². The van der Waals surface area contributed by atoms with Crippen LogP contribution in [0.5, 0.6) is 0 Å². The van der Waals surface area contributed by atoms with Gasteiger partial charge >= 0.3 is 11.7 Å². The van der Waals surface area contributed by atoms with Gasteiger partial charge in [0.05, 0.1) is 35.0 Å². The summed E-state index contributed by atoms with van der Waals surface area (Å²) in [6, 6.07) is 13.1. The van der Waals surface area contributed by atoms with E-state index in [0.29, 0.717) is 22.0 Å². The number of aryl methyl sites for hydroxylation is 1. The van der Waals surface area contributed by atoms with Crippen molar-refractivity contribution in [2.24, 2.45) is 0 Å². The summed E-state index contributed by atoms with van der Waals surface area (Å²) in [6.07, 6.45) is -0.113. The highest BCUT2D eigenvalue weighted by molar-refractivity contribution is 6.21. The fourth-order valence-electron chi connectivity index (χ4n) is 3.43. The van der Waals surface area contributed by atoms with Crippen molar-refractivity contribution in [1.82, 2.24) is 14.5 Å². The second-order valence-corrected chi connectivity index (χ2v) is 6.71. The molecule has 2 amide bonds. The first-order valence-electron chi connectivity index (χ1n) is 9.30. The zero-order chi connectivity index (χ0) is 21.3. The van der Waals surface area contributed by atoms with Crippen molar-refractivity contribution in [3.8, 4) is 0 Å². The SMILES string of the molecule is O=C(CCn1c(=O)[nH]c(=O)c2ccccc21)OCCN1C(=O)c2ccccc2C1=O. The van der Waals surface area contributed by atoms with Crippen LogP contribution in [-0.2, 0) is 16.1 Å². The number of nitrogens with zero attached hydrogens (tertiary/aromatic N) is 2. The molecule has 1 N–H and O–H groups in total. The molecule has 2 heterocycles. The summed E-state index contributed by atoms with van der Waals surface area (Å²) in [7, 11) is 0. The number of hydrogen-bond donors (Lipinski definition) is 1. The van der Waals surface area contributed by atoms with Gasteiger partial charge in [-0.2, -0.15) is 0 Å². The van der Waals surface area contributed by atoms with E-state index in [2.05, 4.69) is 4.98 Å². The first-order chi connectivity index (χ1) is 14.5. The Morgan fingerprint density at radius 3 is 2.20 bits per heavy atom. The summed E-state index contributed by atoms with van der Waals surface area (Å²) in [5, 5.41) is 0.344. The number of rotatable bonds is 6. The molecule has 0 unspecified atom stereocenters. The average Bonchev–Trinajstić information content (AvgIpc) is 2.99. The summed E-state index contributed by atoms with van der Waals surface area (Å²) in [5.41, 5.74) is -0.0192. The zero-order valence-electron chi connectivity index (χ0n) is 15.8. The number of H-pyrrole nitrogens is 1. The molecule has 1 aliphatic heterocycles. The van der Waals surface area contributed by atoms with Crippen molar-refractivity contribution in [1.29, 1.82) is 0 Å². The fourth-order valence-corrected chi connectivity index (χ4v) is 3.43. The first-order valence-corrected chi connectivity index (χ1v) is 9.30. The molecule has 9 nitrogen and oxygen atoms in total. The van der Waals surface area contributed by atoms with Gasteiger partial charge in [-0.1, -0.05) is 24.3 Å². The number of benzene rings is 2. The minimum atomic E-state index is -0.613. The number of nitrogens with one attached hydrogen (secondary N) is 1. The maximum absolute atomic E-state index is 12.3. The highest BCUT2D eigenvalue weighted by Gasteiger charge is 2.34.